The Bertz CT molecular complexity index is 841. The molecule has 4 heteroatoms. The van der Waals surface area contributed by atoms with Crippen LogP contribution in [0.25, 0.3) is 30.1 Å². The largest absolute Gasteiger partial charge is 0.255 e. The van der Waals surface area contributed by atoms with Gasteiger partial charge < -0.3 is 0 Å². The standard InChI is InChI=1S/C17H11NS3/c1-2-10-18-12(4-1)13-6-7-16(20-13)17-9-8-15(21-17)14-5-3-11-19-14/h1-11H. The Morgan fingerprint density at radius 2 is 1.33 bits per heavy atom. The summed E-state index contributed by atoms with van der Waals surface area (Å²) in [4.78, 5) is 11.0. The zero-order chi connectivity index (χ0) is 14.1. The van der Waals surface area contributed by atoms with Gasteiger partial charge in [0.2, 0.25) is 0 Å². The van der Waals surface area contributed by atoms with Gasteiger partial charge in [0, 0.05) is 25.7 Å². The van der Waals surface area contributed by atoms with E-state index in [0.29, 0.717) is 0 Å². The van der Waals surface area contributed by atoms with E-state index in [1.54, 1.807) is 22.7 Å². The van der Waals surface area contributed by atoms with Crippen molar-refractivity contribution in [3.63, 3.8) is 0 Å². The molecule has 0 radical (unpaired) electrons. The molecule has 0 aliphatic rings. The second-order valence-corrected chi connectivity index (χ2v) is 7.64. The maximum absolute atomic E-state index is 4.42. The number of rotatable bonds is 3. The summed E-state index contributed by atoms with van der Waals surface area (Å²) in [6.45, 7) is 0. The van der Waals surface area contributed by atoms with Gasteiger partial charge in [-0.05, 0) is 47.8 Å². The average molecular weight is 325 g/mol. The molecule has 1 nitrogen and oxygen atoms in total. The lowest BCUT2D eigenvalue weighted by atomic mass is 10.3. The van der Waals surface area contributed by atoms with Crippen molar-refractivity contribution >= 4 is 34.0 Å². The molecule has 0 bridgehead atoms. The van der Waals surface area contributed by atoms with Crippen LogP contribution in [-0.4, -0.2) is 4.98 Å². The number of hydrogen-bond donors (Lipinski definition) is 0. The molecule has 0 fully saturated rings. The fraction of sp³-hybridized carbons (Fsp3) is 0. The molecule has 0 amide bonds. The van der Waals surface area contributed by atoms with Gasteiger partial charge in [-0.3, -0.25) is 4.98 Å². The van der Waals surface area contributed by atoms with Crippen LogP contribution in [0.15, 0.2) is 66.2 Å². The lowest BCUT2D eigenvalue weighted by Gasteiger charge is -1.94. The minimum atomic E-state index is 1.05. The SMILES string of the molecule is c1ccc(-c2ccc(-c3ccc(-c4cccs4)s3)s2)nc1. The summed E-state index contributed by atoms with van der Waals surface area (Å²) >= 11 is 5.44. The first-order valence-corrected chi connectivity index (χ1v) is 9.07. The van der Waals surface area contributed by atoms with E-state index in [1.807, 2.05) is 29.7 Å². The highest BCUT2D eigenvalue weighted by Gasteiger charge is 2.09. The molecule has 0 atom stereocenters. The molecule has 0 aliphatic carbocycles. The predicted molar refractivity (Wildman–Crippen MR) is 94.2 cm³/mol. The molecule has 0 saturated carbocycles. The summed E-state index contributed by atoms with van der Waals surface area (Å²) in [7, 11) is 0. The van der Waals surface area contributed by atoms with Crippen molar-refractivity contribution < 1.29 is 0 Å². The molecule has 4 aromatic rings. The zero-order valence-corrected chi connectivity index (χ0v) is 13.5. The third-order valence-corrected chi connectivity index (χ3v) is 6.59. The molecule has 0 N–H and O–H groups in total. The molecule has 21 heavy (non-hydrogen) atoms. The zero-order valence-electron chi connectivity index (χ0n) is 11.0. The Labute approximate surface area is 135 Å². The van der Waals surface area contributed by atoms with E-state index in [-0.39, 0.29) is 0 Å². The van der Waals surface area contributed by atoms with Gasteiger partial charge in [0.25, 0.3) is 0 Å². The maximum atomic E-state index is 4.42. The fourth-order valence-corrected chi connectivity index (χ4v) is 5.05. The van der Waals surface area contributed by atoms with Crippen LogP contribution >= 0.6 is 34.0 Å². The van der Waals surface area contributed by atoms with Crippen LogP contribution in [0.1, 0.15) is 0 Å². The predicted octanol–water partition coefficient (Wildman–Crippen LogP) is 6.27. The molecule has 0 spiro atoms. The van der Waals surface area contributed by atoms with Crippen molar-refractivity contribution in [2.24, 2.45) is 0 Å². The molecule has 0 aliphatic heterocycles. The van der Waals surface area contributed by atoms with Gasteiger partial charge in [0.15, 0.2) is 0 Å². The van der Waals surface area contributed by atoms with E-state index in [4.69, 9.17) is 0 Å². The van der Waals surface area contributed by atoms with Gasteiger partial charge in [-0.25, -0.2) is 0 Å². The van der Waals surface area contributed by atoms with E-state index >= 15 is 0 Å². The summed E-state index contributed by atoms with van der Waals surface area (Å²) in [6, 6.07) is 19.1. The van der Waals surface area contributed by atoms with Crippen LogP contribution in [-0.2, 0) is 0 Å². The Kier molecular flexibility index (Phi) is 3.43. The molecular weight excluding hydrogens is 314 g/mol. The summed E-state index contributed by atoms with van der Waals surface area (Å²) in [5, 5.41) is 2.12. The van der Waals surface area contributed by atoms with Crippen LogP contribution < -0.4 is 0 Å². The van der Waals surface area contributed by atoms with Crippen molar-refractivity contribution in [1.82, 2.24) is 4.98 Å². The van der Waals surface area contributed by atoms with E-state index in [1.165, 1.54) is 24.4 Å². The van der Waals surface area contributed by atoms with E-state index < -0.39 is 0 Å². The number of aromatic nitrogens is 1. The molecule has 102 valence electrons. The number of pyridine rings is 1. The minimum absolute atomic E-state index is 1.05. The highest BCUT2D eigenvalue weighted by molar-refractivity contribution is 7.27. The van der Waals surface area contributed by atoms with E-state index in [2.05, 4.69) is 52.8 Å². The number of nitrogens with zero attached hydrogens (tertiary/aromatic N) is 1. The minimum Gasteiger partial charge on any atom is -0.255 e. The lowest BCUT2D eigenvalue weighted by Crippen LogP contribution is -1.75. The third kappa shape index (κ3) is 2.58. The summed E-state index contributed by atoms with van der Waals surface area (Å²) in [5.41, 5.74) is 1.05. The van der Waals surface area contributed by atoms with Gasteiger partial charge in [-0.1, -0.05) is 12.1 Å². The maximum Gasteiger partial charge on any atom is 0.0801 e. The number of hydrogen-bond acceptors (Lipinski definition) is 4. The Balaban J connectivity index is 1.67. The first-order valence-electron chi connectivity index (χ1n) is 6.55. The summed E-state index contributed by atoms with van der Waals surface area (Å²) < 4.78 is 0. The molecule has 4 aromatic heterocycles. The van der Waals surface area contributed by atoms with Gasteiger partial charge in [-0.15, -0.1) is 34.0 Å². The van der Waals surface area contributed by atoms with Gasteiger partial charge in [-0.2, -0.15) is 0 Å². The molecule has 4 rings (SSSR count). The van der Waals surface area contributed by atoms with Gasteiger partial charge in [0.05, 0.1) is 10.6 Å². The van der Waals surface area contributed by atoms with Crippen LogP contribution in [0.3, 0.4) is 0 Å². The second-order valence-electron chi connectivity index (χ2n) is 4.52. The highest BCUT2D eigenvalue weighted by Crippen LogP contribution is 2.40. The first-order chi connectivity index (χ1) is 10.4. The molecular formula is C17H11NS3. The molecule has 0 saturated heterocycles. The van der Waals surface area contributed by atoms with Crippen molar-refractivity contribution in [2.45, 2.75) is 0 Å². The smallest absolute Gasteiger partial charge is 0.0801 e. The number of thiophene rings is 3. The van der Waals surface area contributed by atoms with Crippen molar-refractivity contribution in [1.29, 1.82) is 0 Å². The highest BCUT2D eigenvalue weighted by atomic mass is 32.1. The topological polar surface area (TPSA) is 12.9 Å². The van der Waals surface area contributed by atoms with E-state index in [0.717, 1.165) is 5.69 Å². The first kappa shape index (κ1) is 13.0. The summed E-state index contributed by atoms with van der Waals surface area (Å²) in [5.74, 6) is 0. The third-order valence-electron chi connectivity index (χ3n) is 3.14. The van der Waals surface area contributed by atoms with Crippen molar-refractivity contribution in [2.75, 3.05) is 0 Å². The van der Waals surface area contributed by atoms with Crippen LogP contribution in [0, 0.1) is 0 Å². The van der Waals surface area contributed by atoms with Crippen molar-refractivity contribution in [3.05, 3.63) is 66.2 Å². The van der Waals surface area contributed by atoms with Gasteiger partial charge in [0.1, 0.15) is 0 Å². The molecule has 4 heterocycles. The molecule has 0 aromatic carbocycles. The van der Waals surface area contributed by atoms with Crippen molar-refractivity contribution in [3.8, 4) is 30.1 Å². The Morgan fingerprint density at radius 1 is 0.619 bits per heavy atom. The van der Waals surface area contributed by atoms with E-state index in [9.17, 15) is 0 Å². The summed E-state index contributed by atoms with van der Waals surface area (Å²) in [6.07, 6.45) is 1.84. The van der Waals surface area contributed by atoms with Crippen LogP contribution in [0.4, 0.5) is 0 Å². The molecule has 0 unspecified atom stereocenters. The van der Waals surface area contributed by atoms with Crippen LogP contribution in [0.5, 0.6) is 0 Å². The monoisotopic (exact) mass is 325 g/mol. The van der Waals surface area contributed by atoms with Crippen LogP contribution in [0.2, 0.25) is 0 Å². The fourth-order valence-electron chi connectivity index (χ4n) is 2.14. The van der Waals surface area contributed by atoms with Gasteiger partial charge >= 0.3 is 0 Å². The average Bonchev–Trinajstić information content (AvgIpc) is 3.27. The Morgan fingerprint density at radius 3 is 2.00 bits per heavy atom. The second kappa shape index (κ2) is 5.56. The quantitative estimate of drug-likeness (QED) is 0.433. The Hall–Kier alpha value is -1.75. The lowest BCUT2D eigenvalue weighted by molar-refractivity contribution is 1.34. The normalized spacial score (nSPS) is 10.9.